The van der Waals surface area contributed by atoms with Crippen LogP contribution in [0.2, 0.25) is 0 Å². The summed E-state index contributed by atoms with van der Waals surface area (Å²) in [4.78, 5) is 73.0. The maximum atomic E-state index is 14.7. The second-order valence-electron chi connectivity index (χ2n) is 13.8. The summed E-state index contributed by atoms with van der Waals surface area (Å²) in [7, 11) is 0. The first-order chi connectivity index (χ1) is 27.7. The maximum Gasteiger partial charge on any atom is 0.264 e. The standard InChI is InChI=1S/C39H40FN9O8/c40-25(4-8-32(50)28-21-43-33(17-30(28)46-26-5-6-26)49-36-24(20-45-49)16-23(18-41)19-44-36)22-57-15-14-56-13-12-55-11-10-42-29-3-1-2-27-35(29)39(54)48(38(27)53)31-7-9-34(51)47-37(31)52/h1-3,16-17,19-21,25-26,31,42H,4-15,22H2,(H,43,46)(H,47,51,52). The Morgan fingerprint density at radius 3 is 2.53 bits per heavy atom. The molecule has 2 atom stereocenters. The van der Waals surface area contributed by atoms with E-state index < -0.39 is 35.8 Å². The van der Waals surface area contributed by atoms with Crippen LogP contribution in [0.25, 0.3) is 16.9 Å². The zero-order valence-corrected chi connectivity index (χ0v) is 30.9. The molecular formula is C39H40FN9O8. The maximum absolute atomic E-state index is 14.7. The minimum absolute atomic E-state index is 0.0184. The molecule has 3 aliphatic rings. The van der Waals surface area contributed by atoms with Crippen LogP contribution in [0.1, 0.15) is 75.2 Å². The zero-order valence-electron chi connectivity index (χ0n) is 30.9. The van der Waals surface area contributed by atoms with Crippen LogP contribution < -0.4 is 16.0 Å². The molecule has 7 rings (SSSR count). The largest absolute Gasteiger partial charge is 0.382 e. The van der Waals surface area contributed by atoms with E-state index in [0.29, 0.717) is 45.9 Å². The number of alkyl halides is 1. The van der Waals surface area contributed by atoms with Gasteiger partial charge in [0.25, 0.3) is 11.8 Å². The number of piperidine rings is 1. The highest BCUT2D eigenvalue weighted by Gasteiger charge is 2.45. The molecule has 2 unspecified atom stereocenters. The van der Waals surface area contributed by atoms with Crippen LogP contribution in [-0.4, -0.2) is 119 Å². The molecule has 2 aliphatic heterocycles. The lowest BCUT2D eigenvalue weighted by Crippen LogP contribution is -2.54. The Morgan fingerprint density at radius 1 is 0.965 bits per heavy atom. The van der Waals surface area contributed by atoms with Gasteiger partial charge in [0, 0.05) is 55.0 Å². The SMILES string of the molecule is N#Cc1cnc2c(cnn2-c2cc(NC3CC3)c(C(=O)CCC(F)COCCOCCOCCNc3cccc4c3C(=O)N(C3CCC(=O)NC3=O)C4=O)cn2)c1. The fraction of sp³-hybridized carbons (Fsp3) is 0.410. The first-order valence-electron chi connectivity index (χ1n) is 18.7. The number of imide groups is 2. The number of amides is 4. The molecule has 0 spiro atoms. The number of halogens is 1. The molecule has 4 aromatic rings. The first kappa shape index (κ1) is 39.1. The van der Waals surface area contributed by atoms with Gasteiger partial charge in [-0.2, -0.15) is 15.0 Å². The van der Waals surface area contributed by atoms with Gasteiger partial charge in [0.15, 0.2) is 17.2 Å². The third-order valence-electron chi connectivity index (χ3n) is 9.64. The van der Waals surface area contributed by atoms with E-state index in [1.807, 2.05) is 0 Å². The number of carbonyl (C=O) groups is 5. The Kier molecular flexibility index (Phi) is 12.2. The van der Waals surface area contributed by atoms with Crippen molar-refractivity contribution in [3.63, 3.8) is 0 Å². The molecule has 5 heterocycles. The quantitative estimate of drug-likeness (QED) is 0.0667. The molecule has 18 heteroatoms. The number of nitriles is 1. The summed E-state index contributed by atoms with van der Waals surface area (Å²) >= 11 is 0. The highest BCUT2D eigenvalue weighted by atomic mass is 19.1. The van der Waals surface area contributed by atoms with Crippen molar-refractivity contribution < 1.29 is 42.6 Å². The molecular weight excluding hydrogens is 741 g/mol. The number of ketones is 1. The molecule has 0 radical (unpaired) electrons. The molecule has 1 aromatic carbocycles. The average molecular weight is 782 g/mol. The number of carbonyl (C=O) groups excluding carboxylic acids is 5. The van der Waals surface area contributed by atoms with Crippen molar-refractivity contribution in [2.75, 3.05) is 56.8 Å². The molecule has 3 N–H and O–H groups in total. The second-order valence-corrected chi connectivity index (χ2v) is 13.8. The highest BCUT2D eigenvalue weighted by molar-refractivity contribution is 6.25. The summed E-state index contributed by atoms with van der Waals surface area (Å²) in [5, 5.41) is 22.9. The number of benzene rings is 1. The number of nitrogens with one attached hydrogen (secondary N) is 3. The number of hydrogen-bond acceptors (Lipinski definition) is 14. The third-order valence-corrected chi connectivity index (χ3v) is 9.64. The summed E-state index contributed by atoms with van der Waals surface area (Å²) < 4.78 is 32.7. The molecule has 2 fully saturated rings. The number of hydrogen-bond donors (Lipinski definition) is 3. The normalized spacial score (nSPS) is 17.1. The Labute approximate surface area is 325 Å². The van der Waals surface area contributed by atoms with Gasteiger partial charge in [-0.05, 0) is 43.9 Å². The van der Waals surface area contributed by atoms with Crippen molar-refractivity contribution in [1.82, 2.24) is 30.0 Å². The van der Waals surface area contributed by atoms with E-state index in [1.165, 1.54) is 18.5 Å². The summed E-state index contributed by atoms with van der Waals surface area (Å²) in [6, 6.07) is 9.52. The van der Waals surface area contributed by atoms with Crippen molar-refractivity contribution in [3.8, 4) is 11.9 Å². The molecule has 0 bridgehead atoms. The number of Topliss-reactive ketones (excluding diaryl/α,β-unsaturated/α-hetero) is 1. The lowest BCUT2D eigenvalue weighted by molar-refractivity contribution is -0.136. The van der Waals surface area contributed by atoms with E-state index >= 15 is 0 Å². The lowest BCUT2D eigenvalue weighted by Gasteiger charge is -2.27. The number of aromatic nitrogens is 4. The van der Waals surface area contributed by atoms with E-state index in [2.05, 4.69) is 37.1 Å². The summed E-state index contributed by atoms with van der Waals surface area (Å²) in [6.07, 6.45) is 5.22. The van der Waals surface area contributed by atoms with Crippen molar-refractivity contribution in [3.05, 3.63) is 71.2 Å². The van der Waals surface area contributed by atoms with Gasteiger partial charge in [-0.1, -0.05) is 6.07 Å². The fourth-order valence-corrected chi connectivity index (χ4v) is 6.58. The molecule has 1 saturated heterocycles. The molecule has 57 heavy (non-hydrogen) atoms. The number of pyridine rings is 2. The average Bonchev–Trinajstić information content (AvgIpc) is 3.87. The molecule has 4 amide bonds. The summed E-state index contributed by atoms with van der Waals surface area (Å²) in [6.45, 7) is 1.34. The van der Waals surface area contributed by atoms with Crippen LogP contribution in [0.5, 0.6) is 0 Å². The van der Waals surface area contributed by atoms with Gasteiger partial charge < -0.3 is 24.8 Å². The predicted octanol–water partition coefficient (Wildman–Crippen LogP) is 3.13. The second kappa shape index (κ2) is 17.7. The smallest absolute Gasteiger partial charge is 0.264 e. The molecule has 1 aliphatic carbocycles. The van der Waals surface area contributed by atoms with Crippen LogP contribution in [-0.2, 0) is 23.8 Å². The Morgan fingerprint density at radius 2 is 1.75 bits per heavy atom. The Balaban J connectivity index is 0.773. The summed E-state index contributed by atoms with van der Waals surface area (Å²) in [5.41, 5.74) is 2.71. The van der Waals surface area contributed by atoms with Crippen LogP contribution in [0, 0.1) is 11.3 Å². The number of rotatable bonds is 20. The molecule has 1 saturated carbocycles. The monoisotopic (exact) mass is 781 g/mol. The first-order valence-corrected chi connectivity index (χ1v) is 18.7. The minimum atomic E-state index is -1.35. The highest BCUT2D eigenvalue weighted by Crippen LogP contribution is 2.33. The Bertz CT molecular complexity index is 2240. The molecule has 3 aromatic heterocycles. The van der Waals surface area contributed by atoms with Gasteiger partial charge in [-0.3, -0.25) is 34.2 Å². The fourth-order valence-electron chi connectivity index (χ4n) is 6.58. The van der Waals surface area contributed by atoms with Gasteiger partial charge in [0.05, 0.1) is 73.8 Å². The van der Waals surface area contributed by atoms with E-state index in [0.717, 1.165) is 17.7 Å². The van der Waals surface area contributed by atoms with Crippen LogP contribution in [0.3, 0.4) is 0 Å². The van der Waals surface area contributed by atoms with Crippen molar-refractivity contribution >= 4 is 51.8 Å². The van der Waals surface area contributed by atoms with E-state index in [4.69, 9.17) is 19.5 Å². The van der Waals surface area contributed by atoms with Gasteiger partial charge in [-0.25, -0.2) is 14.4 Å². The van der Waals surface area contributed by atoms with Gasteiger partial charge in [-0.15, -0.1) is 0 Å². The lowest BCUT2D eigenvalue weighted by atomic mass is 10.0. The predicted molar refractivity (Wildman–Crippen MR) is 201 cm³/mol. The van der Waals surface area contributed by atoms with Gasteiger partial charge >= 0.3 is 0 Å². The van der Waals surface area contributed by atoms with Crippen molar-refractivity contribution in [1.29, 1.82) is 5.26 Å². The topological polar surface area (TPSA) is 220 Å². The number of fused-ring (bicyclic) bond motifs is 2. The third kappa shape index (κ3) is 9.12. The van der Waals surface area contributed by atoms with Crippen molar-refractivity contribution in [2.45, 2.75) is 56.8 Å². The molecule has 296 valence electrons. The van der Waals surface area contributed by atoms with Gasteiger partial charge in [0.1, 0.15) is 18.3 Å². The Hall–Kier alpha value is -6.16. The van der Waals surface area contributed by atoms with Crippen LogP contribution in [0.4, 0.5) is 15.8 Å². The molecule has 17 nitrogen and oxygen atoms in total. The minimum Gasteiger partial charge on any atom is -0.382 e. The van der Waals surface area contributed by atoms with E-state index in [-0.39, 0.29) is 88.3 Å². The number of anilines is 2. The van der Waals surface area contributed by atoms with E-state index in [9.17, 15) is 28.4 Å². The summed E-state index contributed by atoms with van der Waals surface area (Å²) in [5.74, 6) is -2.06. The van der Waals surface area contributed by atoms with Crippen LogP contribution >= 0.6 is 0 Å². The number of ether oxygens (including phenoxy) is 3. The number of nitrogens with zero attached hydrogens (tertiary/aromatic N) is 6. The van der Waals surface area contributed by atoms with Gasteiger partial charge in [0.2, 0.25) is 11.8 Å². The zero-order chi connectivity index (χ0) is 39.9. The van der Waals surface area contributed by atoms with Crippen molar-refractivity contribution in [2.24, 2.45) is 0 Å². The van der Waals surface area contributed by atoms with Crippen LogP contribution in [0.15, 0.2) is 48.9 Å². The van der Waals surface area contributed by atoms with E-state index in [1.54, 1.807) is 35.1 Å².